The summed E-state index contributed by atoms with van der Waals surface area (Å²) in [6.45, 7) is 1.11. The van der Waals surface area contributed by atoms with Crippen LogP contribution in [0, 0.1) is 0 Å². The molecule has 108 valence electrons. The lowest BCUT2D eigenvalue weighted by molar-refractivity contribution is -0.141. The number of hydrogen-bond donors (Lipinski definition) is 1. The highest BCUT2D eigenvalue weighted by atomic mass is 19.4. The molecule has 0 aliphatic carbocycles. The molecule has 0 aromatic carbocycles. The van der Waals surface area contributed by atoms with Gasteiger partial charge in [-0.15, -0.1) is 0 Å². The van der Waals surface area contributed by atoms with Gasteiger partial charge in [0, 0.05) is 12.7 Å². The van der Waals surface area contributed by atoms with Crippen LogP contribution in [0.2, 0.25) is 0 Å². The highest BCUT2D eigenvalue weighted by Gasteiger charge is 2.33. The second kappa shape index (κ2) is 6.55. The van der Waals surface area contributed by atoms with Gasteiger partial charge in [-0.2, -0.15) is 18.3 Å². The Bertz CT molecular complexity index is 414. The number of alkyl halides is 3. The minimum atomic E-state index is -4.48. The van der Waals surface area contributed by atoms with Gasteiger partial charge in [0.2, 0.25) is 5.91 Å². The summed E-state index contributed by atoms with van der Waals surface area (Å²) in [5.74, 6) is -0.351. The van der Waals surface area contributed by atoms with Crippen molar-refractivity contribution < 1.29 is 18.0 Å². The molecule has 0 fully saturated rings. The van der Waals surface area contributed by atoms with Gasteiger partial charge in [0.15, 0.2) is 5.69 Å². The molecule has 5 nitrogen and oxygen atoms in total. The molecule has 1 aromatic rings. The number of halogens is 3. The highest BCUT2D eigenvalue weighted by molar-refractivity contribution is 5.75. The Morgan fingerprint density at radius 1 is 1.47 bits per heavy atom. The first-order valence-electron chi connectivity index (χ1n) is 5.81. The van der Waals surface area contributed by atoms with E-state index >= 15 is 0 Å². The van der Waals surface area contributed by atoms with Crippen LogP contribution in [0.4, 0.5) is 13.2 Å². The lowest BCUT2D eigenvalue weighted by atomic mass is 10.4. The Morgan fingerprint density at radius 3 is 2.68 bits per heavy atom. The van der Waals surface area contributed by atoms with Crippen LogP contribution in [0.15, 0.2) is 12.3 Å². The molecule has 0 saturated carbocycles. The van der Waals surface area contributed by atoms with E-state index in [2.05, 4.69) is 10.4 Å². The van der Waals surface area contributed by atoms with Crippen LogP contribution in [0.5, 0.6) is 0 Å². The third-order valence-corrected chi connectivity index (χ3v) is 2.34. The number of nitrogens with zero attached hydrogens (tertiary/aromatic N) is 3. The molecule has 1 amide bonds. The number of amides is 1. The second-order valence-corrected chi connectivity index (χ2v) is 4.40. The fourth-order valence-electron chi connectivity index (χ4n) is 1.43. The lowest BCUT2D eigenvalue weighted by Crippen LogP contribution is -2.30. The van der Waals surface area contributed by atoms with Crippen molar-refractivity contribution in [1.29, 1.82) is 0 Å². The Labute approximate surface area is 109 Å². The SMILES string of the molecule is CN(C)CCCNC(=O)Cn1ccc(C(F)(F)F)n1. The van der Waals surface area contributed by atoms with Crippen LogP contribution in [-0.4, -0.2) is 47.8 Å². The molecule has 0 bridgehead atoms. The second-order valence-electron chi connectivity index (χ2n) is 4.40. The summed E-state index contributed by atoms with van der Waals surface area (Å²) in [5, 5.41) is 5.93. The van der Waals surface area contributed by atoms with E-state index < -0.39 is 11.9 Å². The summed E-state index contributed by atoms with van der Waals surface area (Å²) >= 11 is 0. The summed E-state index contributed by atoms with van der Waals surface area (Å²) in [5.41, 5.74) is -0.993. The van der Waals surface area contributed by atoms with Gasteiger partial charge in [-0.25, -0.2) is 0 Å². The van der Waals surface area contributed by atoms with E-state index in [1.165, 1.54) is 0 Å². The van der Waals surface area contributed by atoms with Gasteiger partial charge in [0.1, 0.15) is 6.54 Å². The largest absolute Gasteiger partial charge is 0.435 e. The van der Waals surface area contributed by atoms with E-state index in [4.69, 9.17) is 0 Å². The molecule has 8 heteroatoms. The Hall–Kier alpha value is -1.57. The zero-order valence-electron chi connectivity index (χ0n) is 10.9. The van der Waals surface area contributed by atoms with Crippen molar-refractivity contribution in [3.63, 3.8) is 0 Å². The lowest BCUT2D eigenvalue weighted by Gasteiger charge is -2.09. The van der Waals surface area contributed by atoms with Crippen molar-refractivity contribution in [3.05, 3.63) is 18.0 Å². The van der Waals surface area contributed by atoms with Crippen molar-refractivity contribution in [1.82, 2.24) is 20.0 Å². The molecule has 0 radical (unpaired) electrons. The van der Waals surface area contributed by atoms with E-state index in [9.17, 15) is 18.0 Å². The first kappa shape index (κ1) is 15.5. The number of aromatic nitrogens is 2. The molecule has 1 aromatic heterocycles. The molecule has 0 atom stereocenters. The normalized spacial score (nSPS) is 11.9. The van der Waals surface area contributed by atoms with Gasteiger partial charge < -0.3 is 10.2 Å². The van der Waals surface area contributed by atoms with Crippen LogP contribution in [0.25, 0.3) is 0 Å². The van der Waals surface area contributed by atoms with Crippen LogP contribution in [-0.2, 0) is 17.5 Å². The maximum atomic E-state index is 12.3. The van der Waals surface area contributed by atoms with Gasteiger partial charge in [-0.1, -0.05) is 0 Å². The molecule has 19 heavy (non-hydrogen) atoms. The Kier molecular flexibility index (Phi) is 5.34. The maximum absolute atomic E-state index is 12.3. The first-order chi connectivity index (χ1) is 8.79. The highest BCUT2D eigenvalue weighted by Crippen LogP contribution is 2.27. The average molecular weight is 278 g/mol. The van der Waals surface area contributed by atoms with Crippen LogP contribution in [0.3, 0.4) is 0 Å². The molecule has 0 saturated heterocycles. The summed E-state index contributed by atoms with van der Waals surface area (Å²) < 4.78 is 37.8. The fraction of sp³-hybridized carbons (Fsp3) is 0.636. The van der Waals surface area contributed by atoms with Gasteiger partial charge in [0.25, 0.3) is 0 Å². The molecule has 0 spiro atoms. The molecule has 1 rings (SSSR count). The van der Waals surface area contributed by atoms with Crippen molar-refractivity contribution in [2.45, 2.75) is 19.1 Å². The number of nitrogens with one attached hydrogen (secondary N) is 1. The zero-order valence-corrected chi connectivity index (χ0v) is 10.9. The van der Waals surface area contributed by atoms with Crippen molar-refractivity contribution >= 4 is 5.91 Å². The first-order valence-corrected chi connectivity index (χ1v) is 5.81. The third kappa shape index (κ3) is 5.73. The quantitative estimate of drug-likeness (QED) is 0.789. The third-order valence-electron chi connectivity index (χ3n) is 2.34. The van der Waals surface area contributed by atoms with Crippen molar-refractivity contribution in [2.24, 2.45) is 0 Å². The van der Waals surface area contributed by atoms with Crippen molar-refractivity contribution in [2.75, 3.05) is 27.2 Å². The predicted octanol–water partition coefficient (Wildman–Crippen LogP) is 0.970. The minimum Gasteiger partial charge on any atom is -0.354 e. The molecular formula is C11H17F3N4O. The van der Waals surface area contributed by atoms with Crippen molar-refractivity contribution in [3.8, 4) is 0 Å². The summed E-state index contributed by atoms with van der Waals surface area (Å²) in [6.07, 6.45) is -2.55. The van der Waals surface area contributed by atoms with E-state index in [1.807, 2.05) is 19.0 Å². The van der Waals surface area contributed by atoms with E-state index in [0.29, 0.717) is 6.54 Å². The number of hydrogen-bond acceptors (Lipinski definition) is 3. The molecular weight excluding hydrogens is 261 g/mol. The number of rotatable bonds is 6. The maximum Gasteiger partial charge on any atom is 0.435 e. The van der Waals surface area contributed by atoms with Gasteiger partial charge >= 0.3 is 6.18 Å². The van der Waals surface area contributed by atoms with E-state index in [1.54, 1.807) is 0 Å². The molecule has 1 N–H and O–H groups in total. The summed E-state index contributed by atoms with van der Waals surface area (Å²) in [6, 6.07) is 0.847. The van der Waals surface area contributed by atoms with E-state index in [-0.39, 0.29) is 12.5 Å². The van der Waals surface area contributed by atoms with E-state index in [0.717, 1.165) is 29.9 Å². The van der Waals surface area contributed by atoms with Crippen LogP contribution < -0.4 is 5.32 Å². The summed E-state index contributed by atoms with van der Waals surface area (Å²) in [7, 11) is 3.84. The van der Waals surface area contributed by atoms with Crippen LogP contribution >= 0.6 is 0 Å². The monoisotopic (exact) mass is 278 g/mol. The Morgan fingerprint density at radius 2 is 2.16 bits per heavy atom. The smallest absolute Gasteiger partial charge is 0.354 e. The topological polar surface area (TPSA) is 50.2 Å². The fourth-order valence-corrected chi connectivity index (χ4v) is 1.43. The minimum absolute atomic E-state index is 0.210. The van der Waals surface area contributed by atoms with Gasteiger partial charge in [-0.3, -0.25) is 9.48 Å². The molecule has 0 aliphatic heterocycles. The standard InChI is InChI=1S/C11H17F3N4O/c1-17(2)6-3-5-15-10(19)8-18-7-4-9(16-18)11(12,13)14/h4,7H,3,5-6,8H2,1-2H3,(H,15,19). The molecule has 0 unspecified atom stereocenters. The number of carbonyl (C=O) groups excluding carboxylic acids is 1. The molecule has 1 heterocycles. The number of carbonyl (C=O) groups is 1. The van der Waals surface area contributed by atoms with Crippen LogP contribution in [0.1, 0.15) is 12.1 Å². The Balaban J connectivity index is 2.34. The summed E-state index contributed by atoms with van der Waals surface area (Å²) in [4.78, 5) is 13.4. The molecule has 0 aliphatic rings. The van der Waals surface area contributed by atoms with Gasteiger partial charge in [0.05, 0.1) is 0 Å². The zero-order chi connectivity index (χ0) is 14.5. The average Bonchev–Trinajstić information content (AvgIpc) is 2.72. The van der Waals surface area contributed by atoms with Gasteiger partial charge in [-0.05, 0) is 33.1 Å². The predicted molar refractivity (Wildman–Crippen MR) is 63.4 cm³/mol.